The largest absolute Gasteiger partial charge is 1.00 e. The third-order valence-corrected chi connectivity index (χ3v) is 4.98. The molecule has 4 nitrogen and oxygen atoms in total. The highest BCUT2D eigenvalue weighted by Gasteiger charge is 2.38. The highest BCUT2D eigenvalue weighted by molar-refractivity contribution is 6.55. The lowest BCUT2D eigenvalue weighted by atomic mass is 9.91. The summed E-state index contributed by atoms with van der Waals surface area (Å²) in [5.41, 5.74) is 6.73. The van der Waals surface area contributed by atoms with Gasteiger partial charge in [0.05, 0.1) is 18.7 Å². The summed E-state index contributed by atoms with van der Waals surface area (Å²) in [6.07, 6.45) is 0. The summed E-state index contributed by atoms with van der Waals surface area (Å²) in [6, 6.07) is 15.6. The minimum atomic E-state index is 0. The first kappa shape index (κ1) is 19.2. The van der Waals surface area contributed by atoms with Gasteiger partial charge in [0.1, 0.15) is 18.5 Å². The van der Waals surface area contributed by atoms with Crippen molar-refractivity contribution < 1.29 is 31.1 Å². The molecule has 0 bridgehead atoms. The monoisotopic (exact) mass is 424 g/mol. The second kappa shape index (κ2) is 7.61. The fraction of sp³-hybridized carbons (Fsp3) is 0.227. The van der Waals surface area contributed by atoms with E-state index >= 15 is 0 Å². The van der Waals surface area contributed by atoms with E-state index in [4.69, 9.17) is 9.73 Å². The summed E-state index contributed by atoms with van der Waals surface area (Å²) in [5, 5.41) is 0. The van der Waals surface area contributed by atoms with E-state index in [-0.39, 0.29) is 22.8 Å². The Morgan fingerprint density at radius 1 is 1.15 bits per heavy atom. The van der Waals surface area contributed by atoms with Crippen LogP contribution in [0.1, 0.15) is 29.8 Å². The Bertz CT molecular complexity index is 1000. The van der Waals surface area contributed by atoms with Gasteiger partial charge in [-0.05, 0) is 44.2 Å². The third kappa shape index (κ3) is 3.16. The van der Waals surface area contributed by atoms with E-state index in [1.165, 1.54) is 0 Å². The molecule has 2 aliphatic heterocycles. The second-order valence-electron chi connectivity index (χ2n) is 6.48. The second-order valence-corrected chi connectivity index (χ2v) is 6.48. The number of hydrogen-bond donors (Lipinski definition) is 0. The van der Waals surface area contributed by atoms with Crippen molar-refractivity contribution >= 4 is 22.9 Å². The van der Waals surface area contributed by atoms with E-state index < -0.39 is 0 Å². The molecule has 2 heterocycles. The zero-order chi connectivity index (χ0) is 18.3. The smallest absolute Gasteiger partial charge is 0.235 e. The van der Waals surface area contributed by atoms with E-state index in [1.54, 1.807) is 0 Å². The quantitative estimate of drug-likeness (QED) is 0.538. The number of nitrogens with zero attached hydrogens (tertiary/aromatic N) is 2. The number of ketones is 1. The average Bonchev–Trinajstić information content (AvgIpc) is 2.96. The number of ether oxygens (including phenoxy) is 1. The van der Waals surface area contributed by atoms with Crippen LogP contribution < -0.4 is 21.7 Å². The Morgan fingerprint density at radius 3 is 2.56 bits per heavy atom. The number of carbonyl (C=O) groups excluding carboxylic acids is 1. The van der Waals surface area contributed by atoms with Gasteiger partial charge in [0.2, 0.25) is 11.4 Å². The van der Waals surface area contributed by atoms with Gasteiger partial charge in [0.25, 0.3) is 0 Å². The molecule has 0 aromatic heterocycles. The number of Topliss-reactive ketones (excluding diaryl/α,β-unsaturated/α-hetero) is 1. The standard InChI is InChI=1S/C22H21N2O2.BrH/c1-4-26-16-11-9-15(10-12-16)22(25)18-13-23-20-17-7-5-6-8-19(17)24(3)21(20)14(18)2;/h5-12H,4,13H2,1-3H3;1H/q+1;/p-1. The van der Waals surface area contributed by atoms with Crippen LogP contribution in [0, 0.1) is 0 Å². The molecule has 4 rings (SSSR count). The number of rotatable bonds is 4. The summed E-state index contributed by atoms with van der Waals surface area (Å²) in [5.74, 6) is 0.809. The highest BCUT2D eigenvalue weighted by atomic mass is 79.9. The zero-order valence-electron chi connectivity index (χ0n) is 15.6. The number of hydrogen-bond acceptors (Lipinski definition) is 3. The van der Waals surface area contributed by atoms with Gasteiger partial charge in [-0.25, -0.2) is 0 Å². The minimum Gasteiger partial charge on any atom is -1.00 e. The predicted octanol–water partition coefficient (Wildman–Crippen LogP) is 0.820. The maximum absolute atomic E-state index is 13.0. The van der Waals surface area contributed by atoms with Crippen LogP contribution in [0.25, 0.3) is 0 Å². The van der Waals surface area contributed by atoms with Crippen LogP contribution >= 0.6 is 0 Å². The molecule has 0 aliphatic carbocycles. The molecule has 2 aliphatic rings. The Labute approximate surface area is 169 Å². The molecule has 0 saturated carbocycles. The number of carbonyl (C=O) groups is 1. The van der Waals surface area contributed by atoms with Crippen molar-refractivity contribution in [2.75, 3.05) is 20.2 Å². The fourth-order valence-corrected chi connectivity index (χ4v) is 3.67. The molecule has 27 heavy (non-hydrogen) atoms. The summed E-state index contributed by atoms with van der Waals surface area (Å²) in [6.45, 7) is 4.99. The molecule has 0 unspecified atom stereocenters. The number of para-hydroxylation sites is 1. The van der Waals surface area contributed by atoms with Crippen LogP contribution in [-0.4, -0.2) is 42.0 Å². The molecule has 0 N–H and O–H groups in total. The van der Waals surface area contributed by atoms with Gasteiger partial charge in [-0.1, -0.05) is 12.1 Å². The summed E-state index contributed by atoms with van der Waals surface area (Å²) < 4.78 is 7.59. The summed E-state index contributed by atoms with van der Waals surface area (Å²) in [4.78, 5) is 17.8. The molecule has 0 spiro atoms. The number of aliphatic imine (C=N–C) groups is 1. The molecule has 2 aromatic carbocycles. The van der Waals surface area contributed by atoms with E-state index in [1.807, 2.05) is 57.3 Å². The van der Waals surface area contributed by atoms with Gasteiger partial charge in [-0.2, -0.15) is 4.58 Å². The zero-order valence-corrected chi connectivity index (χ0v) is 17.2. The molecular formula is C22H21BrN2O2. The van der Waals surface area contributed by atoms with E-state index in [9.17, 15) is 4.79 Å². The SMILES string of the molecule is CCOc1ccc(C(=O)C2=C(C)C3=[N+](C)c4ccccc4C3=NC2)cc1.[Br-]. The van der Waals surface area contributed by atoms with E-state index in [2.05, 4.69) is 16.7 Å². The first-order chi connectivity index (χ1) is 12.6. The van der Waals surface area contributed by atoms with Crippen LogP contribution in [0.3, 0.4) is 0 Å². The molecule has 138 valence electrons. The van der Waals surface area contributed by atoms with Crippen LogP contribution in [-0.2, 0) is 0 Å². The van der Waals surface area contributed by atoms with Crippen molar-refractivity contribution in [1.29, 1.82) is 0 Å². The maximum atomic E-state index is 13.0. The Balaban J connectivity index is 0.00000210. The van der Waals surface area contributed by atoms with Gasteiger partial charge in [-0.3, -0.25) is 9.79 Å². The van der Waals surface area contributed by atoms with Crippen LogP contribution in [0.4, 0.5) is 5.69 Å². The van der Waals surface area contributed by atoms with Crippen molar-refractivity contribution in [2.24, 2.45) is 4.99 Å². The first-order valence-electron chi connectivity index (χ1n) is 8.84. The normalized spacial score (nSPS) is 15.0. The molecule has 0 amide bonds. The lowest BCUT2D eigenvalue weighted by Crippen LogP contribution is -3.00. The number of dihydropyridines is 1. The fourth-order valence-electron chi connectivity index (χ4n) is 3.67. The van der Waals surface area contributed by atoms with Crippen molar-refractivity contribution in [2.45, 2.75) is 13.8 Å². The Hall–Kier alpha value is -2.53. The van der Waals surface area contributed by atoms with Gasteiger partial charge in [0, 0.05) is 22.8 Å². The third-order valence-electron chi connectivity index (χ3n) is 4.98. The van der Waals surface area contributed by atoms with Crippen LogP contribution in [0.2, 0.25) is 0 Å². The summed E-state index contributed by atoms with van der Waals surface area (Å²) >= 11 is 0. The minimum absolute atomic E-state index is 0. The number of halogens is 1. The molecule has 0 radical (unpaired) electrons. The molecule has 0 saturated heterocycles. The molecule has 2 aromatic rings. The lowest BCUT2D eigenvalue weighted by molar-refractivity contribution is -0.400. The Morgan fingerprint density at radius 2 is 1.85 bits per heavy atom. The lowest BCUT2D eigenvalue weighted by Gasteiger charge is -2.14. The van der Waals surface area contributed by atoms with Gasteiger partial charge in [-0.15, -0.1) is 0 Å². The molecular weight excluding hydrogens is 404 g/mol. The highest BCUT2D eigenvalue weighted by Crippen LogP contribution is 2.31. The van der Waals surface area contributed by atoms with Gasteiger partial charge in [0.15, 0.2) is 5.78 Å². The van der Waals surface area contributed by atoms with Crippen molar-refractivity contribution in [3.05, 3.63) is 70.8 Å². The molecule has 5 heteroatoms. The Kier molecular flexibility index (Phi) is 5.42. The van der Waals surface area contributed by atoms with E-state index in [0.29, 0.717) is 18.7 Å². The average molecular weight is 425 g/mol. The molecule has 0 fully saturated rings. The predicted molar refractivity (Wildman–Crippen MR) is 103 cm³/mol. The first-order valence-corrected chi connectivity index (χ1v) is 8.84. The van der Waals surface area contributed by atoms with Crippen LogP contribution in [0.15, 0.2) is 64.7 Å². The molecule has 0 atom stereocenters. The van der Waals surface area contributed by atoms with Crippen LogP contribution in [0.5, 0.6) is 5.75 Å². The van der Waals surface area contributed by atoms with Gasteiger partial charge < -0.3 is 21.7 Å². The van der Waals surface area contributed by atoms with Crippen molar-refractivity contribution in [1.82, 2.24) is 0 Å². The summed E-state index contributed by atoms with van der Waals surface area (Å²) in [7, 11) is 2.03. The number of fused-ring (bicyclic) bond motifs is 3. The van der Waals surface area contributed by atoms with Crippen molar-refractivity contribution in [3.63, 3.8) is 0 Å². The topological polar surface area (TPSA) is 41.7 Å². The van der Waals surface area contributed by atoms with E-state index in [0.717, 1.165) is 39.6 Å². The van der Waals surface area contributed by atoms with Gasteiger partial charge >= 0.3 is 0 Å². The van der Waals surface area contributed by atoms with Crippen molar-refractivity contribution in [3.8, 4) is 5.75 Å². The number of benzene rings is 2. The maximum Gasteiger partial charge on any atom is 0.235 e. The number of allylic oxidation sites excluding steroid dienone is 1.